The Morgan fingerprint density at radius 3 is 2.73 bits per heavy atom. The third-order valence-electron chi connectivity index (χ3n) is 4.33. The maximum atomic E-state index is 13.7. The molecule has 2 aromatic heterocycles. The Balaban J connectivity index is 2.16. The first-order valence-electron chi connectivity index (χ1n) is 8.81. The van der Waals surface area contributed by atoms with E-state index in [1.807, 2.05) is 31.6 Å². The first-order valence-corrected chi connectivity index (χ1v) is 8.81. The molecule has 0 N–H and O–H groups in total. The average Bonchev–Trinajstić information content (AvgIpc) is 3.10. The Labute approximate surface area is 152 Å². The predicted octanol–water partition coefficient (Wildman–Crippen LogP) is 4.30. The number of benzene rings is 1. The van der Waals surface area contributed by atoms with Gasteiger partial charge in [-0.05, 0) is 38.5 Å². The van der Waals surface area contributed by atoms with Crippen LogP contribution in [0.2, 0.25) is 0 Å². The SMILES string of the molecule is CCCN(C)C(=O)c1cc(-c2cnn(C(C)C)c2)nc2cc(F)ccc12. The van der Waals surface area contributed by atoms with Crippen molar-refractivity contribution in [2.24, 2.45) is 0 Å². The first-order chi connectivity index (χ1) is 12.4. The van der Waals surface area contributed by atoms with Crippen molar-refractivity contribution in [2.75, 3.05) is 13.6 Å². The highest BCUT2D eigenvalue weighted by atomic mass is 19.1. The summed E-state index contributed by atoms with van der Waals surface area (Å²) in [6.07, 6.45) is 4.48. The van der Waals surface area contributed by atoms with Crippen LogP contribution in [0.3, 0.4) is 0 Å². The van der Waals surface area contributed by atoms with Crippen LogP contribution < -0.4 is 0 Å². The standard InChI is InChI=1S/C20H23FN4O/c1-5-8-24(4)20(26)17-10-18(14-11-22-25(12-14)13(2)3)23-19-9-15(21)6-7-16(17)19/h6-7,9-13H,5,8H2,1-4H3. The van der Waals surface area contributed by atoms with Crippen molar-refractivity contribution in [2.45, 2.75) is 33.2 Å². The minimum Gasteiger partial charge on any atom is -0.342 e. The highest BCUT2D eigenvalue weighted by Crippen LogP contribution is 2.26. The van der Waals surface area contributed by atoms with Crippen LogP contribution in [-0.2, 0) is 0 Å². The fourth-order valence-corrected chi connectivity index (χ4v) is 2.92. The summed E-state index contributed by atoms with van der Waals surface area (Å²) in [4.78, 5) is 19.2. The summed E-state index contributed by atoms with van der Waals surface area (Å²) in [5, 5.41) is 4.99. The van der Waals surface area contributed by atoms with E-state index in [1.54, 1.807) is 30.3 Å². The molecule has 0 saturated carbocycles. The second kappa shape index (κ2) is 7.23. The van der Waals surface area contributed by atoms with Crippen LogP contribution in [0.5, 0.6) is 0 Å². The molecule has 3 aromatic rings. The van der Waals surface area contributed by atoms with Gasteiger partial charge in [-0.25, -0.2) is 9.37 Å². The van der Waals surface area contributed by atoms with E-state index < -0.39 is 0 Å². The van der Waals surface area contributed by atoms with Gasteiger partial charge in [-0.1, -0.05) is 6.92 Å². The summed E-state index contributed by atoms with van der Waals surface area (Å²) in [5.41, 5.74) is 2.41. The smallest absolute Gasteiger partial charge is 0.254 e. The third kappa shape index (κ3) is 3.45. The molecule has 0 fully saturated rings. The lowest BCUT2D eigenvalue weighted by molar-refractivity contribution is 0.0797. The molecule has 1 amide bonds. The Kier molecular flexibility index (Phi) is 5.02. The fraction of sp³-hybridized carbons (Fsp3) is 0.350. The number of pyridine rings is 1. The molecule has 0 radical (unpaired) electrons. The molecular formula is C20H23FN4O. The van der Waals surface area contributed by atoms with Gasteiger partial charge < -0.3 is 4.90 Å². The topological polar surface area (TPSA) is 51.0 Å². The van der Waals surface area contributed by atoms with Crippen molar-refractivity contribution in [3.63, 3.8) is 0 Å². The van der Waals surface area contributed by atoms with Crippen molar-refractivity contribution < 1.29 is 9.18 Å². The maximum absolute atomic E-state index is 13.7. The third-order valence-corrected chi connectivity index (χ3v) is 4.33. The van der Waals surface area contributed by atoms with Gasteiger partial charge in [0.2, 0.25) is 0 Å². The highest BCUT2D eigenvalue weighted by molar-refractivity contribution is 6.07. The van der Waals surface area contributed by atoms with Gasteiger partial charge in [0.15, 0.2) is 0 Å². The van der Waals surface area contributed by atoms with Gasteiger partial charge >= 0.3 is 0 Å². The van der Waals surface area contributed by atoms with E-state index >= 15 is 0 Å². The number of aromatic nitrogens is 3. The lowest BCUT2D eigenvalue weighted by Crippen LogP contribution is -2.27. The van der Waals surface area contributed by atoms with Gasteiger partial charge in [-0.3, -0.25) is 9.48 Å². The summed E-state index contributed by atoms with van der Waals surface area (Å²) in [6, 6.07) is 6.33. The zero-order chi connectivity index (χ0) is 18.8. The van der Waals surface area contributed by atoms with Gasteiger partial charge in [0.05, 0.1) is 23.0 Å². The first kappa shape index (κ1) is 18.0. The van der Waals surface area contributed by atoms with Gasteiger partial charge in [-0.2, -0.15) is 5.10 Å². The van der Waals surface area contributed by atoms with E-state index in [4.69, 9.17) is 0 Å². The molecule has 0 saturated heterocycles. The maximum Gasteiger partial charge on any atom is 0.254 e. The highest BCUT2D eigenvalue weighted by Gasteiger charge is 2.18. The molecule has 0 atom stereocenters. The van der Waals surface area contributed by atoms with Crippen LogP contribution in [0, 0.1) is 5.82 Å². The molecule has 0 bridgehead atoms. The molecule has 2 heterocycles. The molecule has 5 nitrogen and oxygen atoms in total. The molecule has 3 rings (SSSR count). The Morgan fingerprint density at radius 1 is 1.31 bits per heavy atom. The van der Waals surface area contributed by atoms with Gasteiger partial charge in [-0.15, -0.1) is 0 Å². The summed E-state index contributed by atoms with van der Waals surface area (Å²) in [7, 11) is 1.78. The molecule has 0 aliphatic carbocycles. The summed E-state index contributed by atoms with van der Waals surface area (Å²) in [6.45, 7) is 6.75. The largest absolute Gasteiger partial charge is 0.342 e. The number of halogens is 1. The monoisotopic (exact) mass is 354 g/mol. The van der Waals surface area contributed by atoms with Crippen LogP contribution in [0.25, 0.3) is 22.2 Å². The minimum atomic E-state index is -0.375. The van der Waals surface area contributed by atoms with Crippen molar-refractivity contribution in [3.8, 4) is 11.3 Å². The Hall–Kier alpha value is -2.76. The van der Waals surface area contributed by atoms with E-state index in [0.29, 0.717) is 28.7 Å². The Morgan fingerprint density at radius 2 is 2.08 bits per heavy atom. The van der Waals surface area contributed by atoms with Crippen LogP contribution in [0.15, 0.2) is 36.7 Å². The lowest BCUT2D eigenvalue weighted by atomic mass is 10.0. The second-order valence-corrected chi connectivity index (χ2v) is 6.75. The van der Waals surface area contributed by atoms with E-state index in [2.05, 4.69) is 10.1 Å². The van der Waals surface area contributed by atoms with Crippen LogP contribution >= 0.6 is 0 Å². The predicted molar refractivity (Wildman–Crippen MR) is 101 cm³/mol. The molecule has 0 spiro atoms. The van der Waals surface area contributed by atoms with Crippen LogP contribution in [-0.4, -0.2) is 39.2 Å². The number of fused-ring (bicyclic) bond motifs is 1. The van der Waals surface area contributed by atoms with Crippen LogP contribution in [0.4, 0.5) is 4.39 Å². The number of hydrogen-bond donors (Lipinski definition) is 0. The van der Waals surface area contributed by atoms with Crippen molar-refractivity contribution in [3.05, 3.63) is 48.0 Å². The number of carbonyl (C=O) groups is 1. The van der Waals surface area contributed by atoms with Gasteiger partial charge in [0.1, 0.15) is 5.82 Å². The molecule has 0 aliphatic heterocycles. The normalized spacial score (nSPS) is 11.3. The number of nitrogens with zero attached hydrogens (tertiary/aromatic N) is 4. The zero-order valence-corrected chi connectivity index (χ0v) is 15.5. The molecule has 0 unspecified atom stereocenters. The number of hydrogen-bond acceptors (Lipinski definition) is 3. The quantitative estimate of drug-likeness (QED) is 0.686. The summed E-state index contributed by atoms with van der Waals surface area (Å²) >= 11 is 0. The molecule has 6 heteroatoms. The zero-order valence-electron chi connectivity index (χ0n) is 15.5. The molecule has 1 aromatic carbocycles. The summed E-state index contributed by atoms with van der Waals surface area (Å²) < 4.78 is 15.6. The van der Waals surface area contributed by atoms with E-state index in [9.17, 15) is 9.18 Å². The number of carbonyl (C=O) groups excluding carboxylic acids is 1. The van der Waals surface area contributed by atoms with Crippen LogP contribution in [0.1, 0.15) is 43.6 Å². The van der Waals surface area contributed by atoms with Crippen molar-refractivity contribution >= 4 is 16.8 Å². The molecule has 0 aliphatic rings. The van der Waals surface area contributed by atoms with Crippen molar-refractivity contribution in [1.29, 1.82) is 0 Å². The molecule has 136 valence electrons. The molecular weight excluding hydrogens is 331 g/mol. The van der Waals surface area contributed by atoms with E-state index in [-0.39, 0.29) is 17.8 Å². The lowest BCUT2D eigenvalue weighted by Gasteiger charge is -2.18. The van der Waals surface area contributed by atoms with Crippen molar-refractivity contribution in [1.82, 2.24) is 19.7 Å². The summed E-state index contributed by atoms with van der Waals surface area (Å²) in [5.74, 6) is -0.469. The average molecular weight is 354 g/mol. The van der Waals surface area contributed by atoms with E-state index in [0.717, 1.165) is 12.0 Å². The minimum absolute atomic E-state index is 0.0941. The number of amides is 1. The number of rotatable bonds is 5. The van der Waals surface area contributed by atoms with E-state index in [1.165, 1.54) is 12.1 Å². The molecule has 26 heavy (non-hydrogen) atoms. The van der Waals surface area contributed by atoms with Gasteiger partial charge in [0, 0.05) is 42.8 Å². The van der Waals surface area contributed by atoms with Gasteiger partial charge in [0.25, 0.3) is 5.91 Å². The Bertz CT molecular complexity index is 948. The fourth-order valence-electron chi connectivity index (χ4n) is 2.92. The second-order valence-electron chi connectivity index (χ2n) is 6.75.